The molecule has 0 heterocycles. The molecule has 0 rings (SSSR count). The smallest absolute Gasteiger partial charge is 0.430 e. The Kier molecular flexibility index (Phi) is 4.26. The van der Waals surface area contributed by atoms with Crippen LogP contribution in [0.2, 0.25) is 0 Å². The van der Waals surface area contributed by atoms with Gasteiger partial charge in [-0.15, -0.1) is 0 Å². The van der Waals surface area contributed by atoms with Gasteiger partial charge in [0, 0.05) is 0 Å². The second-order valence-electron chi connectivity index (χ2n) is 2.96. The van der Waals surface area contributed by atoms with Gasteiger partial charge in [0.2, 0.25) is 0 Å². The molecule has 0 saturated carbocycles. The van der Waals surface area contributed by atoms with Crippen molar-refractivity contribution in [1.29, 1.82) is 0 Å². The number of ether oxygens (including phenoxy) is 1. The zero-order valence-corrected chi connectivity index (χ0v) is 8.19. The Morgan fingerprint density at radius 1 is 1.19 bits per heavy atom. The summed E-state index contributed by atoms with van der Waals surface area (Å²) in [5, 5.41) is 8.85. The van der Waals surface area contributed by atoms with Crippen LogP contribution in [-0.4, -0.2) is 29.2 Å². The Balaban J connectivity index is 5.47. The molecule has 96 valence electrons. The molecular formula is C8H10F6O2. The number of halogens is 6. The van der Waals surface area contributed by atoms with Crippen LogP contribution < -0.4 is 0 Å². The Morgan fingerprint density at radius 2 is 1.56 bits per heavy atom. The summed E-state index contributed by atoms with van der Waals surface area (Å²) < 4.78 is 77.7. The highest BCUT2D eigenvalue weighted by Crippen LogP contribution is 2.46. The molecule has 0 fully saturated rings. The molecule has 16 heavy (non-hydrogen) atoms. The molecule has 1 unspecified atom stereocenters. The number of hydrogen-bond donors (Lipinski definition) is 1. The normalized spacial score (nSPS) is 15.8. The molecule has 0 aromatic carbocycles. The molecule has 8 heteroatoms. The van der Waals surface area contributed by atoms with Gasteiger partial charge < -0.3 is 9.84 Å². The Morgan fingerprint density at radius 3 is 1.75 bits per heavy atom. The van der Waals surface area contributed by atoms with Gasteiger partial charge >= 0.3 is 12.4 Å². The standard InChI is InChI=1S/C8H10F6O2/c1-3-5(16-4-2)6(15,7(9,10)11)8(12,13)14/h4-5,15H,2-3H2,1H3. The molecule has 0 bridgehead atoms. The Labute approximate surface area is 87.5 Å². The quantitative estimate of drug-likeness (QED) is 0.615. The molecule has 1 atom stereocenters. The van der Waals surface area contributed by atoms with Gasteiger partial charge in [-0.1, -0.05) is 13.5 Å². The molecule has 0 aromatic rings. The minimum absolute atomic E-state index is 0.427. The first-order valence-corrected chi connectivity index (χ1v) is 4.14. The lowest BCUT2D eigenvalue weighted by Gasteiger charge is -2.37. The van der Waals surface area contributed by atoms with E-state index < -0.39 is 30.5 Å². The molecule has 0 aliphatic rings. The van der Waals surface area contributed by atoms with Gasteiger partial charge in [0.05, 0.1) is 6.26 Å². The topological polar surface area (TPSA) is 29.5 Å². The van der Waals surface area contributed by atoms with Gasteiger partial charge in [-0.25, -0.2) is 0 Å². The van der Waals surface area contributed by atoms with Crippen molar-refractivity contribution in [3.8, 4) is 0 Å². The zero-order valence-electron chi connectivity index (χ0n) is 8.19. The van der Waals surface area contributed by atoms with Crippen LogP contribution in [0.3, 0.4) is 0 Å². The molecular weight excluding hydrogens is 242 g/mol. The van der Waals surface area contributed by atoms with Crippen LogP contribution in [-0.2, 0) is 4.74 Å². The van der Waals surface area contributed by atoms with E-state index in [1.54, 1.807) is 0 Å². The molecule has 0 aliphatic carbocycles. The second kappa shape index (κ2) is 4.52. The summed E-state index contributed by atoms with van der Waals surface area (Å²) in [6.07, 6.45) is -14.5. The molecule has 2 nitrogen and oxygen atoms in total. The van der Waals surface area contributed by atoms with E-state index in [1.807, 2.05) is 0 Å². The third-order valence-corrected chi connectivity index (χ3v) is 1.96. The highest BCUT2D eigenvalue weighted by atomic mass is 19.4. The second-order valence-corrected chi connectivity index (χ2v) is 2.96. The first kappa shape index (κ1) is 15.1. The summed E-state index contributed by atoms with van der Waals surface area (Å²) >= 11 is 0. The van der Waals surface area contributed by atoms with Gasteiger partial charge in [-0.3, -0.25) is 0 Å². The van der Waals surface area contributed by atoms with E-state index in [0.717, 1.165) is 6.92 Å². The molecule has 0 saturated heterocycles. The summed E-state index contributed by atoms with van der Waals surface area (Å²) in [7, 11) is 0. The highest BCUT2D eigenvalue weighted by Gasteiger charge is 2.74. The predicted molar refractivity (Wildman–Crippen MR) is 42.4 cm³/mol. The first-order valence-electron chi connectivity index (χ1n) is 4.14. The van der Waals surface area contributed by atoms with E-state index in [4.69, 9.17) is 5.11 Å². The van der Waals surface area contributed by atoms with Crippen molar-refractivity contribution in [2.75, 3.05) is 0 Å². The monoisotopic (exact) mass is 252 g/mol. The summed E-state index contributed by atoms with van der Waals surface area (Å²) in [6.45, 7) is 3.88. The third kappa shape index (κ3) is 2.42. The number of aliphatic hydroxyl groups is 1. The molecule has 0 aromatic heterocycles. The number of rotatable bonds is 4. The van der Waals surface area contributed by atoms with Gasteiger partial charge in [0.25, 0.3) is 5.60 Å². The lowest BCUT2D eigenvalue weighted by atomic mass is 9.93. The van der Waals surface area contributed by atoms with E-state index in [-0.39, 0.29) is 0 Å². The maximum atomic E-state index is 12.3. The van der Waals surface area contributed by atoms with Crippen molar-refractivity contribution in [1.82, 2.24) is 0 Å². The van der Waals surface area contributed by atoms with Crippen LogP contribution in [0, 0.1) is 0 Å². The maximum absolute atomic E-state index is 12.3. The average Bonchev–Trinajstić information content (AvgIpc) is 2.09. The lowest BCUT2D eigenvalue weighted by Crippen LogP contribution is -2.64. The van der Waals surface area contributed by atoms with Gasteiger partial charge in [-0.05, 0) is 6.42 Å². The van der Waals surface area contributed by atoms with Gasteiger partial charge in [-0.2, -0.15) is 26.3 Å². The van der Waals surface area contributed by atoms with E-state index in [2.05, 4.69) is 11.3 Å². The largest absolute Gasteiger partial charge is 0.495 e. The van der Waals surface area contributed by atoms with Crippen LogP contribution in [0.25, 0.3) is 0 Å². The van der Waals surface area contributed by atoms with Gasteiger partial charge in [0.15, 0.2) is 0 Å². The van der Waals surface area contributed by atoms with Crippen LogP contribution in [0.4, 0.5) is 26.3 Å². The van der Waals surface area contributed by atoms with E-state index in [9.17, 15) is 26.3 Å². The van der Waals surface area contributed by atoms with Crippen LogP contribution in [0.1, 0.15) is 13.3 Å². The minimum Gasteiger partial charge on any atom is -0.495 e. The number of hydrogen-bond acceptors (Lipinski definition) is 2. The molecule has 0 amide bonds. The van der Waals surface area contributed by atoms with E-state index >= 15 is 0 Å². The Bertz CT molecular complexity index is 230. The molecule has 0 radical (unpaired) electrons. The maximum Gasteiger partial charge on any atom is 0.430 e. The lowest BCUT2D eigenvalue weighted by molar-refractivity contribution is -0.391. The fraction of sp³-hybridized carbons (Fsp3) is 0.750. The van der Waals surface area contributed by atoms with E-state index in [1.165, 1.54) is 0 Å². The van der Waals surface area contributed by atoms with Crippen LogP contribution in [0.5, 0.6) is 0 Å². The predicted octanol–water partition coefficient (Wildman–Crippen LogP) is 2.78. The van der Waals surface area contributed by atoms with Crippen molar-refractivity contribution in [2.45, 2.75) is 37.4 Å². The fourth-order valence-corrected chi connectivity index (χ4v) is 1.13. The van der Waals surface area contributed by atoms with Crippen molar-refractivity contribution in [3.63, 3.8) is 0 Å². The van der Waals surface area contributed by atoms with Crippen molar-refractivity contribution >= 4 is 0 Å². The SMILES string of the molecule is C=COC(CC)C(O)(C(F)(F)F)C(F)(F)F. The minimum atomic E-state index is -5.88. The van der Waals surface area contributed by atoms with Crippen LogP contribution >= 0.6 is 0 Å². The summed E-state index contributed by atoms with van der Waals surface area (Å²) in [4.78, 5) is 0. The van der Waals surface area contributed by atoms with Crippen molar-refractivity contribution < 1.29 is 36.2 Å². The molecule has 1 N–H and O–H groups in total. The zero-order chi connectivity index (χ0) is 13.2. The van der Waals surface area contributed by atoms with Crippen molar-refractivity contribution in [2.24, 2.45) is 0 Å². The summed E-state index contributed by atoms with van der Waals surface area (Å²) in [5.74, 6) is 0. The van der Waals surface area contributed by atoms with E-state index in [0.29, 0.717) is 6.26 Å². The first-order chi connectivity index (χ1) is 7.02. The fourth-order valence-electron chi connectivity index (χ4n) is 1.13. The van der Waals surface area contributed by atoms with Crippen molar-refractivity contribution in [3.05, 3.63) is 12.8 Å². The van der Waals surface area contributed by atoms with Gasteiger partial charge in [0.1, 0.15) is 6.10 Å². The highest BCUT2D eigenvalue weighted by molar-refractivity contribution is 5.00. The number of alkyl halides is 6. The molecule has 0 spiro atoms. The average molecular weight is 252 g/mol. The molecule has 0 aliphatic heterocycles. The third-order valence-electron chi connectivity index (χ3n) is 1.96. The Hall–Kier alpha value is -0.920. The van der Waals surface area contributed by atoms with Crippen LogP contribution in [0.15, 0.2) is 12.8 Å². The summed E-state index contributed by atoms with van der Waals surface area (Å²) in [5.41, 5.74) is -4.90. The summed E-state index contributed by atoms with van der Waals surface area (Å²) in [6, 6.07) is 0.